The molecule has 84 heavy (non-hydrogen) atoms. The Bertz CT molecular complexity index is 3540. The van der Waals surface area contributed by atoms with Crippen LogP contribution in [-0.2, 0) is 12.4 Å². The van der Waals surface area contributed by atoms with Gasteiger partial charge >= 0.3 is 12.4 Å². The van der Waals surface area contributed by atoms with Gasteiger partial charge in [0.1, 0.15) is 22.6 Å². The van der Waals surface area contributed by atoms with Gasteiger partial charge in [0.15, 0.2) is 22.7 Å². The highest BCUT2D eigenvalue weighted by molar-refractivity contribution is 6.01. The van der Waals surface area contributed by atoms with Crippen molar-refractivity contribution in [1.82, 2.24) is 48.8 Å². The van der Waals surface area contributed by atoms with E-state index in [4.69, 9.17) is 20.0 Å². The molecule has 8 aromatic rings. The summed E-state index contributed by atoms with van der Waals surface area (Å²) in [6.07, 6.45) is -7.21. The summed E-state index contributed by atoms with van der Waals surface area (Å²) in [6.45, 7) is 8.35. The van der Waals surface area contributed by atoms with Gasteiger partial charge in [-0.25, -0.2) is 19.0 Å². The molecule has 6 heterocycles. The molecular formula is C60H58F6N12O6. The zero-order valence-electron chi connectivity index (χ0n) is 46.5. The van der Waals surface area contributed by atoms with Crippen LogP contribution in [0.3, 0.4) is 0 Å². The monoisotopic (exact) mass is 1160 g/mol. The lowest BCUT2D eigenvalue weighted by Gasteiger charge is -2.43. The SMILES string of the molecule is COc1ccc(-c2nc3c(C(=O)N4CCN([C@@H](CO)c5ccc(C#N)cc5)C[C@H]4C)cnn3c(C(F)(F)F)c2C)cc1.COc1ccc(-c2nc3c(C(=O)N4CCN([C@H](CO)c5ccc(C#N)cc5)C[C@H]4C)cnn3c(C(F)(F)F)c2C)cc1. The molecule has 436 valence electrons. The van der Waals surface area contributed by atoms with Gasteiger partial charge in [-0.3, -0.25) is 19.4 Å². The molecule has 0 spiro atoms. The van der Waals surface area contributed by atoms with Gasteiger partial charge in [-0.1, -0.05) is 24.3 Å². The van der Waals surface area contributed by atoms with Gasteiger partial charge in [0.2, 0.25) is 0 Å². The van der Waals surface area contributed by atoms with E-state index in [0.717, 1.165) is 23.5 Å². The number of nitrogens with zero attached hydrogens (tertiary/aromatic N) is 12. The number of amides is 2. The van der Waals surface area contributed by atoms with Crippen LogP contribution in [-0.4, -0.2) is 150 Å². The predicted octanol–water partition coefficient (Wildman–Crippen LogP) is 8.97. The molecule has 2 aliphatic rings. The van der Waals surface area contributed by atoms with Crippen LogP contribution in [0.1, 0.15) is 91.4 Å². The van der Waals surface area contributed by atoms with E-state index in [1.807, 2.05) is 13.8 Å². The summed E-state index contributed by atoms with van der Waals surface area (Å²) in [5.74, 6) is 0.149. The minimum Gasteiger partial charge on any atom is -0.497 e. The average molecular weight is 1160 g/mol. The van der Waals surface area contributed by atoms with E-state index in [2.05, 4.69) is 42.1 Å². The predicted molar refractivity (Wildman–Crippen MR) is 296 cm³/mol. The summed E-state index contributed by atoms with van der Waals surface area (Å²) >= 11 is 0. The molecule has 2 fully saturated rings. The lowest BCUT2D eigenvalue weighted by Crippen LogP contribution is -2.55. The second-order valence-corrected chi connectivity index (χ2v) is 20.5. The molecule has 0 bridgehead atoms. The molecule has 24 heteroatoms. The van der Waals surface area contributed by atoms with Crippen LogP contribution in [0, 0.1) is 36.5 Å². The number of ether oxygens (including phenoxy) is 2. The van der Waals surface area contributed by atoms with Crippen LogP contribution in [0.15, 0.2) is 109 Å². The van der Waals surface area contributed by atoms with E-state index in [0.29, 0.717) is 69.0 Å². The summed E-state index contributed by atoms with van der Waals surface area (Å²) in [5, 5.41) is 46.4. The first-order valence-corrected chi connectivity index (χ1v) is 26.7. The second kappa shape index (κ2) is 24.5. The molecule has 0 unspecified atom stereocenters. The van der Waals surface area contributed by atoms with E-state index in [9.17, 15) is 46.1 Å². The first kappa shape index (κ1) is 59.7. The van der Waals surface area contributed by atoms with Crippen molar-refractivity contribution >= 4 is 23.1 Å². The van der Waals surface area contributed by atoms with Crippen molar-refractivity contribution in [3.8, 4) is 46.2 Å². The molecule has 4 atom stereocenters. The fourth-order valence-electron chi connectivity index (χ4n) is 11.0. The minimum atomic E-state index is -4.75. The zero-order chi connectivity index (χ0) is 60.4. The number of rotatable bonds is 12. The summed E-state index contributed by atoms with van der Waals surface area (Å²) in [4.78, 5) is 43.9. The van der Waals surface area contributed by atoms with Crippen molar-refractivity contribution in [3.05, 3.63) is 165 Å². The van der Waals surface area contributed by atoms with Crippen LogP contribution in [0.25, 0.3) is 33.8 Å². The van der Waals surface area contributed by atoms with E-state index in [1.54, 1.807) is 107 Å². The summed E-state index contributed by atoms with van der Waals surface area (Å²) in [7, 11) is 2.99. The number of carbonyl (C=O) groups is 2. The Morgan fingerprint density at radius 2 is 0.929 bits per heavy atom. The first-order valence-electron chi connectivity index (χ1n) is 26.7. The Balaban J connectivity index is 0.000000202. The lowest BCUT2D eigenvalue weighted by atomic mass is 10.0. The number of methoxy groups -OCH3 is 2. The molecule has 0 radical (unpaired) electrons. The Hall–Kier alpha value is -8.94. The topological polar surface area (TPSA) is 214 Å². The van der Waals surface area contributed by atoms with Gasteiger partial charge in [-0.15, -0.1) is 0 Å². The van der Waals surface area contributed by atoms with E-state index >= 15 is 0 Å². The van der Waals surface area contributed by atoms with Crippen molar-refractivity contribution in [2.45, 2.75) is 64.2 Å². The first-order chi connectivity index (χ1) is 40.1. The summed E-state index contributed by atoms with van der Waals surface area (Å²) in [6, 6.07) is 29.8. The Labute approximate surface area is 478 Å². The van der Waals surface area contributed by atoms with Crippen LogP contribution in [0.5, 0.6) is 11.5 Å². The maximum absolute atomic E-state index is 14.3. The molecule has 4 aromatic carbocycles. The van der Waals surface area contributed by atoms with Gasteiger partial charge < -0.3 is 29.5 Å². The van der Waals surface area contributed by atoms with Crippen LogP contribution in [0.4, 0.5) is 26.3 Å². The molecular weight excluding hydrogens is 1100 g/mol. The van der Waals surface area contributed by atoms with Gasteiger partial charge in [0, 0.05) is 73.6 Å². The van der Waals surface area contributed by atoms with Gasteiger partial charge in [0.05, 0.1) is 86.6 Å². The molecule has 2 amide bonds. The largest absolute Gasteiger partial charge is 0.497 e. The Morgan fingerprint density at radius 3 is 1.21 bits per heavy atom. The van der Waals surface area contributed by atoms with Crippen molar-refractivity contribution < 1.29 is 55.6 Å². The fourth-order valence-corrected chi connectivity index (χ4v) is 11.0. The van der Waals surface area contributed by atoms with E-state index < -0.39 is 35.6 Å². The normalized spacial score (nSPS) is 16.8. The number of aliphatic hydroxyl groups is 2. The number of hydrogen-bond acceptors (Lipinski definition) is 14. The summed E-state index contributed by atoms with van der Waals surface area (Å²) < 4.78 is 97.6. The molecule has 2 N–H and O–H groups in total. The fraction of sp³-hybridized carbons (Fsp3) is 0.333. The van der Waals surface area contributed by atoms with Gasteiger partial charge in [-0.2, -0.15) is 47.1 Å². The number of carbonyl (C=O) groups excluding carboxylic acids is 2. The average Bonchev–Trinajstić information content (AvgIpc) is 1.95. The number of piperazine rings is 2. The van der Waals surface area contributed by atoms with Crippen LogP contribution in [0.2, 0.25) is 0 Å². The number of aliphatic hydroxyl groups excluding tert-OH is 2. The second-order valence-electron chi connectivity index (χ2n) is 20.5. The van der Waals surface area contributed by atoms with Crippen LogP contribution < -0.4 is 9.47 Å². The molecule has 0 aliphatic carbocycles. The minimum absolute atomic E-state index is 0.0265. The van der Waals surface area contributed by atoms with E-state index in [-0.39, 0.29) is 95.4 Å². The Morgan fingerprint density at radius 1 is 0.583 bits per heavy atom. The number of hydrogen-bond donors (Lipinski definition) is 2. The molecule has 0 saturated carbocycles. The number of nitriles is 2. The standard InChI is InChI=1S/2C30H29F3N6O3/c2*1-18-16-37(25(17-40)21-6-4-20(14-34)5-7-21)12-13-38(18)29(41)24-15-35-39-27(30(31,32)33)19(2)26(36-28(24)39)22-8-10-23(42-3)11-9-22/h2*4-11,15,18,25,40H,12-13,16-17H2,1-3H3/t18-,25+;18-,25-/m11/s1. The molecule has 18 nitrogen and oxygen atoms in total. The molecule has 10 rings (SSSR count). The maximum atomic E-state index is 14.3. The third-order valence-corrected chi connectivity index (χ3v) is 15.4. The van der Waals surface area contributed by atoms with Gasteiger partial charge in [0.25, 0.3) is 11.8 Å². The number of halogens is 6. The van der Waals surface area contributed by atoms with Gasteiger partial charge in [-0.05, 0) is 112 Å². The lowest BCUT2D eigenvalue weighted by molar-refractivity contribution is -0.144. The third-order valence-electron chi connectivity index (χ3n) is 15.4. The summed E-state index contributed by atoms with van der Waals surface area (Å²) in [5.41, 5.74) is 1.18. The molecule has 2 aliphatic heterocycles. The van der Waals surface area contributed by atoms with Crippen molar-refractivity contribution in [2.24, 2.45) is 0 Å². The highest BCUT2D eigenvalue weighted by Gasteiger charge is 2.42. The zero-order valence-corrected chi connectivity index (χ0v) is 46.5. The van der Waals surface area contributed by atoms with Crippen molar-refractivity contribution in [2.75, 3.05) is 66.7 Å². The maximum Gasteiger partial charge on any atom is 0.433 e. The van der Waals surface area contributed by atoms with Crippen molar-refractivity contribution in [1.29, 1.82) is 10.5 Å². The third kappa shape index (κ3) is 11.8. The highest BCUT2D eigenvalue weighted by atomic mass is 19.4. The Kier molecular flexibility index (Phi) is 17.4. The number of alkyl halides is 6. The van der Waals surface area contributed by atoms with Crippen molar-refractivity contribution in [3.63, 3.8) is 0 Å². The quantitative estimate of drug-likeness (QED) is 0.109. The smallest absolute Gasteiger partial charge is 0.433 e. The molecule has 2 saturated heterocycles. The highest BCUT2D eigenvalue weighted by Crippen LogP contribution is 2.39. The van der Waals surface area contributed by atoms with Crippen LogP contribution >= 0.6 is 0 Å². The van der Waals surface area contributed by atoms with E-state index in [1.165, 1.54) is 28.1 Å². The number of fused-ring (bicyclic) bond motifs is 2. The number of benzene rings is 4. The molecule has 4 aromatic heterocycles. The number of aromatic nitrogens is 6.